The number of hydrogen-bond acceptors (Lipinski definition) is 5. The summed E-state index contributed by atoms with van der Waals surface area (Å²) >= 11 is 1.62. The highest BCUT2D eigenvalue weighted by Gasteiger charge is 2.29. The monoisotopic (exact) mass is 427 g/mol. The first-order valence-electron chi connectivity index (χ1n) is 9.69. The minimum Gasteiger partial charge on any atom is -0.345 e. The van der Waals surface area contributed by atoms with Gasteiger partial charge < -0.3 is 4.90 Å². The van der Waals surface area contributed by atoms with Gasteiger partial charge >= 0.3 is 0 Å². The highest BCUT2D eigenvalue weighted by Crippen LogP contribution is 2.31. The van der Waals surface area contributed by atoms with Gasteiger partial charge in [0, 0.05) is 37.1 Å². The number of rotatable bonds is 4. The van der Waals surface area contributed by atoms with Crippen molar-refractivity contribution in [3.8, 4) is 11.3 Å². The summed E-state index contributed by atoms with van der Waals surface area (Å²) in [6, 6.07) is 13.5. The lowest BCUT2D eigenvalue weighted by Gasteiger charge is -2.33. The fraction of sp³-hybridized carbons (Fsp3) is 0.318. The third kappa shape index (κ3) is 4.08. The molecule has 0 N–H and O–H groups in total. The van der Waals surface area contributed by atoms with Crippen LogP contribution in [0, 0.1) is 20.8 Å². The average Bonchev–Trinajstić information content (AvgIpc) is 3.20. The van der Waals surface area contributed by atoms with Gasteiger partial charge in [-0.3, -0.25) is 0 Å². The fourth-order valence-electron chi connectivity index (χ4n) is 3.52. The highest BCUT2D eigenvalue weighted by atomic mass is 32.2. The molecule has 0 unspecified atom stereocenters. The standard InChI is InChI=1S/C22H25N3O2S2/c1-16-5-8-19(9-6-16)29(26,27)25-12-10-24(11-13-25)22-23-21(15-28-22)20-14-17(2)4-7-18(20)3/h4-9,14-15H,10-13H2,1-3H3. The van der Waals surface area contributed by atoms with Gasteiger partial charge in [-0.25, -0.2) is 13.4 Å². The Hall–Kier alpha value is -2.22. The number of nitrogens with zero attached hydrogens (tertiary/aromatic N) is 3. The smallest absolute Gasteiger partial charge is 0.243 e. The molecule has 2 aromatic carbocycles. The van der Waals surface area contributed by atoms with Crippen molar-refractivity contribution in [1.82, 2.24) is 9.29 Å². The third-order valence-electron chi connectivity index (χ3n) is 5.33. The molecule has 0 amide bonds. The number of anilines is 1. The molecule has 1 saturated heterocycles. The van der Waals surface area contributed by atoms with Crippen molar-refractivity contribution in [1.29, 1.82) is 0 Å². The van der Waals surface area contributed by atoms with Gasteiger partial charge in [-0.05, 0) is 44.5 Å². The van der Waals surface area contributed by atoms with Crippen LogP contribution < -0.4 is 4.90 Å². The quantitative estimate of drug-likeness (QED) is 0.625. The van der Waals surface area contributed by atoms with Gasteiger partial charge in [0.05, 0.1) is 10.6 Å². The van der Waals surface area contributed by atoms with Crippen LogP contribution in [0.25, 0.3) is 11.3 Å². The van der Waals surface area contributed by atoms with Crippen LogP contribution >= 0.6 is 11.3 Å². The van der Waals surface area contributed by atoms with E-state index in [0.29, 0.717) is 31.1 Å². The van der Waals surface area contributed by atoms with E-state index in [1.807, 2.05) is 19.1 Å². The summed E-state index contributed by atoms with van der Waals surface area (Å²) in [6.45, 7) is 8.36. The Morgan fingerprint density at radius 1 is 0.897 bits per heavy atom. The van der Waals surface area contributed by atoms with Crippen LogP contribution in [0.2, 0.25) is 0 Å². The molecule has 1 fully saturated rings. The van der Waals surface area contributed by atoms with Crippen LogP contribution in [0.4, 0.5) is 5.13 Å². The molecule has 5 nitrogen and oxygen atoms in total. The van der Waals surface area contributed by atoms with Crippen molar-refractivity contribution in [3.05, 3.63) is 64.5 Å². The lowest BCUT2D eigenvalue weighted by atomic mass is 10.0. The van der Waals surface area contributed by atoms with Crippen molar-refractivity contribution in [2.45, 2.75) is 25.7 Å². The molecule has 1 aliphatic heterocycles. The SMILES string of the molecule is Cc1ccc(S(=O)(=O)N2CCN(c3nc(-c4cc(C)ccc4C)cs3)CC2)cc1. The molecule has 0 atom stereocenters. The van der Waals surface area contributed by atoms with E-state index in [-0.39, 0.29) is 0 Å². The van der Waals surface area contributed by atoms with E-state index in [2.05, 4.69) is 42.3 Å². The summed E-state index contributed by atoms with van der Waals surface area (Å²) in [6.07, 6.45) is 0. The van der Waals surface area contributed by atoms with Gasteiger partial charge in [0.25, 0.3) is 0 Å². The largest absolute Gasteiger partial charge is 0.345 e. The summed E-state index contributed by atoms with van der Waals surface area (Å²) in [5.74, 6) is 0. The maximum absolute atomic E-state index is 12.9. The van der Waals surface area contributed by atoms with Crippen LogP contribution in [0.5, 0.6) is 0 Å². The zero-order valence-corrected chi connectivity index (χ0v) is 18.6. The van der Waals surface area contributed by atoms with Crippen molar-refractivity contribution >= 4 is 26.5 Å². The number of aryl methyl sites for hydroxylation is 3. The van der Waals surface area contributed by atoms with E-state index in [0.717, 1.165) is 22.0 Å². The predicted octanol–water partition coefficient (Wildman–Crippen LogP) is 4.25. The van der Waals surface area contributed by atoms with Gasteiger partial charge in [-0.15, -0.1) is 11.3 Å². The number of thiazole rings is 1. The maximum atomic E-state index is 12.9. The zero-order chi connectivity index (χ0) is 20.6. The van der Waals surface area contributed by atoms with Gasteiger partial charge in [0.15, 0.2) is 5.13 Å². The summed E-state index contributed by atoms with van der Waals surface area (Å²) < 4.78 is 27.4. The van der Waals surface area contributed by atoms with E-state index < -0.39 is 10.0 Å². The number of benzene rings is 2. The summed E-state index contributed by atoms with van der Waals surface area (Å²) in [4.78, 5) is 7.38. The predicted molar refractivity (Wildman–Crippen MR) is 119 cm³/mol. The Morgan fingerprint density at radius 3 is 2.24 bits per heavy atom. The minimum atomic E-state index is -3.44. The maximum Gasteiger partial charge on any atom is 0.243 e. The second-order valence-corrected chi connectivity index (χ2v) is 10.3. The third-order valence-corrected chi connectivity index (χ3v) is 8.14. The zero-order valence-electron chi connectivity index (χ0n) is 16.9. The van der Waals surface area contributed by atoms with E-state index in [1.165, 1.54) is 11.1 Å². The van der Waals surface area contributed by atoms with Crippen molar-refractivity contribution < 1.29 is 8.42 Å². The number of hydrogen-bond donors (Lipinski definition) is 0. The molecule has 152 valence electrons. The van der Waals surface area contributed by atoms with Gasteiger partial charge in [0.2, 0.25) is 10.0 Å². The lowest BCUT2D eigenvalue weighted by molar-refractivity contribution is 0.385. The van der Waals surface area contributed by atoms with Gasteiger partial charge in [0.1, 0.15) is 0 Å². The van der Waals surface area contributed by atoms with Crippen molar-refractivity contribution in [2.75, 3.05) is 31.1 Å². The van der Waals surface area contributed by atoms with E-state index in [1.54, 1.807) is 27.8 Å². The first-order chi connectivity index (χ1) is 13.8. The molecular formula is C22H25N3O2S2. The van der Waals surface area contributed by atoms with E-state index in [9.17, 15) is 8.42 Å². The second kappa shape index (κ2) is 7.89. The number of piperazine rings is 1. The first-order valence-corrected chi connectivity index (χ1v) is 12.0. The molecule has 2 heterocycles. The van der Waals surface area contributed by atoms with Crippen molar-refractivity contribution in [2.24, 2.45) is 0 Å². The van der Waals surface area contributed by atoms with E-state index in [4.69, 9.17) is 4.98 Å². The Balaban J connectivity index is 1.47. The summed E-state index contributed by atoms with van der Waals surface area (Å²) in [5, 5.41) is 3.04. The Labute approximate surface area is 176 Å². The minimum absolute atomic E-state index is 0.364. The van der Waals surface area contributed by atoms with Crippen LogP contribution in [-0.4, -0.2) is 43.9 Å². The van der Waals surface area contributed by atoms with Crippen LogP contribution in [0.15, 0.2) is 52.7 Å². The van der Waals surface area contributed by atoms with Crippen LogP contribution in [0.1, 0.15) is 16.7 Å². The number of sulfonamides is 1. The topological polar surface area (TPSA) is 53.5 Å². The Morgan fingerprint density at radius 2 is 1.55 bits per heavy atom. The first kappa shape index (κ1) is 20.1. The Kier molecular flexibility index (Phi) is 5.46. The van der Waals surface area contributed by atoms with Crippen LogP contribution in [-0.2, 0) is 10.0 Å². The Bertz CT molecular complexity index is 1110. The fourth-order valence-corrected chi connectivity index (χ4v) is 5.83. The second-order valence-electron chi connectivity index (χ2n) is 7.54. The molecule has 0 saturated carbocycles. The normalized spacial score (nSPS) is 15.6. The lowest BCUT2D eigenvalue weighted by Crippen LogP contribution is -2.48. The molecule has 4 rings (SSSR count). The highest BCUT2D eigenvalue weighted by molar-refractivity contribution is 7.89. The summed E-state index contributed by atoms with van der Waals surface area (Å²) in [5.41, 5.74) is 5.63. The van der Waals surface area contributed by atoms with Crippen molar-refractivity contribution in [3.63, 3.8) is 0 Å². The number of aromatic nitrogens is 1. The summed E-state index contributed by atoms with van der Waals surface area (Å²) in [7, 11) is -3.44. The molecule has 29 heavy (non-hydrogen) atoms. The molecule has 1 aliphatic rings. The molecule has 3 aromatic rings. The molecule has 0 aliphatic carbocycles. The molecule has 7 heteroatoms. The van der Waals surface area contributed by atoms with Crippen LogP contribution in [0.3, 0.4) is 0 Å². The van der Waals surface area contributed by atoms with Gasteiger partial charge in [-0.1, -0.05) is 35.4 Å². The van der Waals surface area contributed by atoms with Gasteiger partial charge in [-0.2, -0.15) is 4.31 Å². The molecule has 0 radical (unpaired) electrons. The average molecular weight is 428 g/mol. The molecule has 0 bridgehead atoms. The molecule has 0 spiro atoms. The molecular weight excluding hydrogens is 402 g/mol. The van der Waals surface area contributed by atoms with E-state index >= 15 is 0 Å². The molecule has 1 aromatic heterocycles.